The first-order valence-electron chi connectivity index (χ1n) is 15.2. The van der Waals surface area contributed by atoms with Crippen molar-refractivity contribution in [2.45, 2.75) is 111 Å². The van der Waals surface area contributed by atoms with Crippen LogP contribution in [0.15, 0.2) is 30.3 Å². The van der Waals surface area contributed by atoms with Gasteiger partial charge in [-0.15, -0.1) is 0 Å². The predicted molar refractivity (Wildman–Crippen MR) is 166 cm³/mol. The Bertz CT molecular complexity index is 965. The lowest BCUT2D eigenvalue weighted by molar-refractivity contribution is -0.155. The second-order valence-corrected chi connectivity index (χ2v) is 13.5. The third kappa shape index (κ3) is 21.2. The van der Waals surface area contributed by atoms with Gasteiger partial charge >= 0.3 is 24.0 Å². The van der Waals surface area contributed by atoms with E-state index >= 15 is 0 Å². The van der Waals surface area contributed by atoms with Gasteiger partial charge in [-0.1, -0.05) is 30.3 Å². The van der Waals surface area contributed by atoms with Crippen molar-refractivity contribution in [1.82, 2.24) is 5.32 Å². The zero-order valence-corrected chi connectivity index (χ0v) is 28.4. The first-order chi connectivity index (χ1) is 20.8. The van der Waals surface area contributed by atoms with Gasteiger partial charge in [0.15, 0.2) is 0 Å². The summed E-state index contributed by atoms with van der Waals surface area (Å²) < 4.78 is 38.2. The van der Waals surface area contributed by atoms with Crippen LogP contribution in [0, 0.1) is 0 Å². The van der Waals surface area contributed by atoms with E-state index in [1.807, 2.05) is 68.4 Å². The summed E-state index contributed by atoms with van der Waals surface area (Å²) in [6.45, 7) is 16.8. The molecule has 1 amide bonds. The quantitative estimate of drug-likeness (QED) is 0.133. The number of carbonyl (C=O) groups excluding carboxylic acids is 4. The summed E-state index contributed by atoms with van der Waals surface area (Å²) in [7, 11) is 0. The highest BCUT2D eigenvalue weighted by atomic mass is 16.6. The van der Waals surface area contributed by atoms with Crippen LogP contribution in [0.25, 0.3) is 0 Å². The Morgan fingerprint density at radius 1 is 0.533 bits per heavy atom. The van der Waals surface area contributed by atoms with E-state index in [4.69, 9.17) is 33.2 Å². The minimum atomic E-state index is -1.79. The average molecular weight is 640 g/mol. The van der Waals surface area contributed by atoms with Crippen LogP contribution in [0.5, 0.6) is 0 Å². The maximum absolute atomic E-state index is 13.0. The molecule has 0 spiro atoms. The minimum absolute atomic E-state index is 0.0756. The van der Waals surface area contributed by atoms with Crippen molar-refractivity contribution in [2.24, 2.45) is 0 Å². The highest BCUT2D eigenvalue weighted by Gasteiger charge is 2.41. The number of esters is 3. The second-order valence-electron chi connectivity index (χ2n) is 13.5. The molecule has 1 aromatic carbocycles. The molecule has 0 saturated carbocycles. The fourth-order valence-corrected chi connectivity index (χ4v) is 3.79. The van der Waals surface area contributed by atoms with Crippen LogP contribution in [-0.2, 0) is 54.1 Å². The molecule has 1 aromatic rings. The summed E-state index contributed by atoms with van der Waals surface area (Å²) in [5, 5.41) is 2.58. The van der Waals surface area contributed by atoms with Crippen LogP contribution in [0.4, 0.5) is 4.79 Å². The lowest BCUT2D eigenvalue weighted by Gasteiger charge is -2.32. The van der Waals surface area contributed by atoms with Gasteiger partial charge < -0.3 is 38.5 Å². The molecule has 1 N–H and O–H groups in total. The smallest absolute Gasteiger partial charge is 0.407 e. The van der Waals surface area contributed by atoms with Gasteiger partial charge in [0, 0.05) is 0 Å². The topological polar surface area (TPSA) is 145 Å². The van der Waals surface area contributed by atoms with Crippen LogP contribution in [-0.4, -0.2) is 86.0 Å². The van der Waals surface area contributed by atoms with E-state index < -0.39 is 65.6 Å². The van der Waals surface area contributed by atoms with E-state index in [1.54, 1.807) is 24.3 Å². The Kier molecular flexibility index (Phi) is 16.5. The molecule has 0 atom stereocenters. The summed E-state index contributed by atoms with van der Waals surface area (Å²) in [6.07, 6.45) is -2.60. The monoisotopic (exact) mass is 639 g/mol. The number of hydrogen-bond donors (Lipinski definition) is 1. The highest BCUT2D eigenvalue weighted by Crippen LogP contribution is 2.24. The number of benzene rings is 1. The van der Waals surface area contributed by atoms with Crippen molar-refractivity contribution in [3.8, 4) is 0 Å². The molecule has 256 valence electrons. The van der Waals surface area contributed by atoms with E-state index in [2.05, 4.69) is 5.32 Å². The SMILES string of the molecule is CC(C)(C)OCCOC(=O)CC(CC(=O)OCCOC(C)(C)C)(CC(=O)OCCOC(C)(C)C)NC(=O)OCc1ccccc1. The predicted octanol–water partition coefficient (Wildman–Crippen LogP) is 4.90. The Balaban J connectivity index is 3.14. The summed E-state index contributed by atoms with van der Waals surface area (Å²) in [5.41, 5.74) is -2.41. The van der Waals surface area contributed by atoms with Crippen LogP contribution in [0.1, 0.15) is 87.1 Å². The molecule has 0 aromatic heterocycles. The molecular formula is C33H53NO11. The molecule has 0 bridgehead atoms. The Labute approximate surface area is 267 Å². The second kappa shape index (κ2) is 18.7. The van der Waals surface area contributed by atoms with Gasteiger partial charge in [0.25, 0.3) is 0 Å². The molecule has 0 heterocycles. The van der Waals surface area contributed by atoms with Crippen molar-refractivity contribution in [3.63, 3.8) is 0 Å². The largest absolute Gasteiger partial charge is 0.463 e. The normalized spacial score (nSPS) is 12.3. The van der Waals surface area contributed by atoms with Crippen LogP contribution < -0.4 is 5.32 Å². The number of ether oxygens (including phenoxy) is 7. The van der Waals surface area contributed by atoms with Gasteiger partial charge in [0.2, 0.25) is 0 Å². The molecule has 12 nitrogen and oxygen atoms in total. The Hall–Kier alpha value is -3.22. The minimum Gasteiger partial charge on any atom is -0.463 e. The number of nitrogens with one attached hydrogen (secondary N) is 1. The van der Waals surface area contributed by atoms with Gasteiger partial charge in [0.05, 0.1) is 61.4 Å². The highest BCUT2D eigenvalue weighted by molar-refractivity contribution is 5.82. The number of carbonyl (C=O) groups is 4. The number of hydrogen-bond acceptors (Lipinski definition) is 11. The number of rotatable bonds is 18. The van der Waals surface area contributed by atoms with Crippen molar-refractivity contribution >= 4 is 24.0 Å². The lowest BCUT2D eigenvalue weighted by Crippen LogP contribution is -2.53. The molecule has 45 heavy (non-hydrogen) atoms. The van der Waals surface area contributed by atoms with E-state index in [0.717, 1.165) is 0 Å². The summed E-state index contributed by atoms with van der Waals surface area (Å²) in [5.74, 6) is -2.32. The standard InChI is InChI=1S/C33H53NO11/c1-30(2,3)43-18-15-39-26(35)21-33(22-27(36)40-16-19-44-31(4,5)6,23-28(37)41-17-20-45-32(7,8)9)34-29(38)42-24-25-13-11-10-12-14-25/h10-14H,15-24H2,1-9H3,(H,34,38). The van der Waals surface area contributed by atoms with Gasteiger partial charge in [0.1, 0.15) is 26.4 Å². The fourth-order valence-electron chi connectivity index (χ4n) is 3.79. The van der Waals surface area contributed by atoms with Gasteiger partial charge in [-0.2, -0.15) is 0 Å². The van der Waals surface area contributed by atoms with E-state index in [9.17, 15) is 19.2 Å². The molecule has 0 aliphatic rings. The average Bonchev–Trinajstić information content (AvgIpc) is 2.89. The molecule has 0 unspecified atom stereocenters. The molecule has 0 aliphatic heterocycles. The zero-order valence-electron chi connectivity index (χ0n) is 28.4. The lowest BCUT2D eigenvalue weighted by atomic mass is 9.87. The maximum Gasteiger partial charge on any atom is 0.407 e. The van der Waals surface area contributed by atoms with Crippen molar-refractivity contribution in [3.05, 3.63) is 35.9 Å². The van der Waals surface area contributed by atoms with Gasteiger partial charge in [-0.05, 0) is 67.9 Å². The first-order valence-corrected chi connectivity index (χ1v) is 15.2. The molecule has 0 saturated heterocycles. The molecule has 0 aliphatic carbocycles. The third-order valence-electron chi connectivity index (χ3n) is 5.67. The number of amides is 1. The van der Waals surface area contributed by atoms with E-state index in [1.165, 1.54) is 0 Å². The molecular weight excluding hydrogens is 586 g/mol. The van der Waals surface area contributed by atoms with Gasteiger partial charge in [-0.25, -0.2) is 4.79 Å². The van der Waals surface area contributed by atoms with Gasteiger partial charge in [-0.3, -0.25) is 14.4 Å². The molecule has 0 fully saturated rings. The summed E-state index contributed by atoms with van der Waals surface area (Å²) >= 11 is 0. The fraction of sp³-hybridized carbons (Fsp3) is 0.697. The summed E-state index contributed by atoms with van der Waals surface area (Å²) in [6, 6.07) is 8.94. The Morgan fingerprint density at radius 3 is 1.22 bits per heavy atom. The molecule has 1 rings (SSSR count). The summed E-state index contributed by atoms with van der Waals surface area (Å²) in [4.78, 5) is 52.1. The zero-order chi connectivity index (χ0) is 34.2. The first kappa shape index (κ1) is 39.8. The molecule has 0 radical (unpaired) electrons. The van der Waals surface area contributed by atoms with Crippen LogP contribution in [0.2, 0.25) is 0 Å². The van der Waals surface area contributed by atoms with Crippen molar-refractivity contribution in [2.75, 3.05) is 39.6 Å². The third-order valence-corrected chi connectivity index (χ3v) is 5.67. The molecule has 12 heteroatoms. The van der Waals surface area contributed by atoms with E-state index in [0.29, 0.717) is 5.56 Å². The maximum atomic E-state index is 13.0. The van der Waals surface area contributed by atoms with Crippen molar-refractivity contribution < 1.29 is 52.3 Å². The van der Waals surface area contributed by atoms with E-state index in [-0.39, 0.29) is 46.2 Å². The number of alkyl carbamates (subject to hydrolysis) is 1. The van der Waals surface area contributed by atoms with Crippen LogP contribution in [0.3, 0.4) is 0 Å². The van der Waals surface area contributed by atoms with Crippen molar-refractivity contribution in [1.29, 1.82) is 0 Å². The Morgan fingerprint density at radius 2 is 0.889 bits per heavy atom. The van der Waals surface area contributed by atoms with Crippen LogP contribution >= 0.6 is 0 Å².